The van der Waals surface area contributed by atoms with E-state index in [0.29, 0.717) is 49.5 Å². The van der Waals surface area contributed by atoms with E-state index in [2.05, 4.69) is 38.8 Å². The van der Waals surface area contributed by atoms with Crippen LogP contribution >= 0.6 is 0 Å². The van der Waals surface area contributed by atoms with Crippen LogP contribution in [0.15, 0.2) is 0 Å². The third-order valence-electron chi connectivity index (χ3n) is 11.1. The SMILES string of the molecule is COC1CCC2C(C1)CC1C2C2(CCN(C(=O)OC(C)(C)C)CC2)CN(C(C)=O)[C@H]1CO[Si](C)(C)C(C)(C)C. The van der Waals surface area contributed by atoms with Crippen molar-refractivity contribution < 1.29 is 23.5 Å². The number of likely N-dealkylation sites (tertiary alicyclic amines) is 2. The van der Waals surface area contributed by atoms with Gasteiger partial charge in [0.15, 0.2) is 8.32 Å². The molecule has 6 atom stereocenters. The van der Waals surface area contributed by atoms with Crippen molar-refractivity contribution in [3.8, 4) is 0 Å². The van der Waals surface area contributed by atoms with Gasteiger partial charge in [-0.25, -0.2) is 4.79 Å². The van der Waals surface area contributed by atoms with E-state index in [1.165, 1.54) is 6.42 Å². The molecule has 0 bridgehead atoms. The van der Waals surface area contributed by atoms with Crippen molar-refractivity contribution in [1.82, 2.24) is 9.80 Å². The Morgan fingerprint density at radius 3 is 2.15 bits per heavy atom. The summed E-state index contributed by atoms with van der Waals surface area (Å²) in [5, 5.41) is 0.132. The number of carbonyl (C=O) groups excluding carboxylic acids is 2. The standard InChI is InChI=1S/C31H56N2O5Si/c1-21(34)33-20-31(13-15-32(16-14-31)28(35)38-29(2,3)4)27-24-12-11-23(36-8)17-22(24)18-25(27)26(33)19-37-39(9,10)30(5,6)7/h22-27H,11-20H2,1-10H3/t22?,23?,24?,25?,26-,27?/m0/s1. The minimum atomic E-state index is -1.96. The summed E-state index contributed by atoms with van der Waals surface area (Å²) >= 11 is 0. The van der Waals surface area contributed by atoms with Crippen molar-refractivity contribution >= 4 is 20.3 Å². The lowest BCUT2D eigenvalue weighted by Gasteiger charge is -2.58. The molecular formula is C31H56N2O5Si. The monoisotopic (exact) mass is 564 g/mol. The molecule has 2 aliphatic carbocycles. The maximum Gasteiger partial charge on any atom is 0.410 e. The molecule has 2 saturated heterocycles. The van der Waals surface area contributed by atoms with E-state index < -0.39 is 13.9 Å². The fourth-order valence-corrected chi connectivity index (χ4v) is 9.16. The number of piperidine rings is 2. The average Bonchev–Trinajstić information content (AvgIpc) is 3.21. The zero-order valence-corrected chi connectivity index (χ0v) is 27.5. The van der Waals surface area contributed by atoms with E-state index >= 15 is 0 Å². The number of hydrogen-bond acceptors (Lipinski definition) is 5. The minimum Gasteiger partial charge on any atom is -0.444 e. The van der Waals surface area contributed by atoms with Gasteiger partial charge in [-0.1, -0.05) is 20.8 Å². The van der Waals surface area contributed by atoms with Crippen molar-refractivity contribution in [2.45, 2.75) is 123 Å². The zero-order chi connectivity index (χ0) is 29.0. The first kappa shape index (κ1) is 30.8. The summed E-state index contributed by atoms with van der Waals surface area (Å²) in [4.78, 5) is 30.2. The Kier molecular flexibility index (Phi) is 8.65. The molecule has 4 rings (SSSR count). The molecule has 0 aromatic rings. The van der Waals surface area contributed by atoms with E-state index in [0.717, 1.165) is 38.6 Å². The van der Waals surface area contributed by atoms with E-state index in [9.17, 15) is 9.59 Å². The van der Waals surface area contributed by atoms with Crippen LogP contribution in [0.5, 0.6) is 0 Å². The van der Waals surface area contributed by atoms with Gasteiger partial charge in [0, 0.05) is 33.7 Å². The molecule has 4 fully saturated rings. The number of ether oxygens (including phenoxy) is 2. The van der Waals surface area contributed by atoms with Crippen molar-refractivity contribution in [1.29, 1.82) is 0 Å². The second-order valence-electron chi connectivity index (χ2n) is 15.6. The molecule has 0 aromatic heterocycles. The molecule has 8 heteroatoms. The molecule has 0 aromatic carbocycles. The van der Waals surface area contributed by atoms with Crippen LogP contribution in [0, 0.1) is 29.1 Å². The Morgan fingerprint density at radius 1 is 0.974 bits per heavy atom. The third kappa shape index (κ3) is 6.23. The van der Waals surface area contributed by atoms with Gasteiger partial charge < -0.3 is 23.7 Å². The summed E-state index contributed by atoms with van der Waals surface area (Å²) in [6.45, 7) is 21.8. The maximum absolute atomic E-state index is 13.3. The van der Waals surface area contributed by atoms with Gasteiger partial charge >= 0.3 is 6.09 Å². The number of hydrogen-bond donors (Lipinski definition) is 0. The van der Waals surface area contributed by atoms with E-state index in [1.807, 2.05) is 32.8 Å². The number of carbonyl (C=O) groups is 2. The number of methoxy groups -OCH3 is 1. The molecule has 7 nitrogen and oxygen atoms in total. The predicted molar refractivity (Wildman–Crippen MR) is 157 cm³/mol. The number of rotatable bonds is 4. The maximum atomic E-state index is 13.3. The highest BCUT2D eigenvalue weighted by molar-refractivity contribution is 6.74. The van der Waals surface area contributed by atoms with Gasteiger partial charge in [0.2, 0.25) is 5.91 Å². The normalized spacial score (nSPS) is 33.1. The zero-order valence-electron chi connectivity index (χ0n) is 26.5. The summed E-state index contributed by atoms with van der Waals surface area (Å²) in [5.41, 5.74) is -0.453. The summed E-state index contributed by atoms with van der Waals surface area (Å²) in [7, 11) is -0.102. The highest BCUT2D eigenvalue weighted by Crippen LogP contribution is 2.62. The molecule has 224 valence electrons. The van der Waals surface area contributed by atoms with Crippen LogP contribution in [0.25, 0.3) is 0 Å². The first-order valence-corrected chi connectivity index (χ1v) is 18.3. The van der Waals surface area contributed by atoms with Gasteiger partial charge in [0.05, 0.1) is 18.8 Å². The Bertz CT molecular complexity index is 902. The van der Waals surface area contributed by atoms with Gasteiger partial charge in [-0.2, -0.15) is 0 Å². The fraction of sp³-hybridized carbons (Fsp3) is 0.935. The topological polar surface area (TPSA) is 68.3 Å². The Morgan fingerprint density at radius 2 is 1.62 bits per heavy atom. The van der Waals surface area contributed by atoms with E-state index in [1.54, 1.807) is 6.92 Å². The van der Waals surface area contributed by atoms with Crippen LogP contribution < -0.4 is 0 Å². The molecular weight excluding hydrogens is 508 g/mol. The van der Waals surface area contributed by atoms with Crippen molar-refractivity contribution in [3.05, 3.63) is 0 Å². The van der Waals surface area contributed by atoms with E-state index in [4.69, 9.17) is 13.9 Å². The molecule has 5 unspecified atom stereocenters. The van der Waals surface area contributed by atoms with Crippen LogP contribution in [-0.2, 0) is 18.7 Å². The molecule has 39 heavy (non-hydrogen) atoms. The second kappa shape index (κ2) is 10.9. The van der Waals surface area contributed by atoms with Crippen LogP contribution in [0.4, 0.5) is 4.79 Å². The lowest BCUT2D eigenvalue weighted by atomic mass is 9.57. The molecule has 2 saturated carbocycles. The Labute approximate surface area is 238 Å². The molecule has 2 amide bonds. The first-order chi connectivity index (χ1) is 18.0. The van der Waals surface area contributed by atoms with Gasteiger partial charge in [0.1, 0.15) is 5.60 Å². The van der Waals surface area contributed by atoms with Gasteiger partial charge in [-0.05, 0) is 107 Å². The number of nitrogens with zero attached hydrogens (tertiary/aromatic N) is 2. The molecule has 2 aliphatic heterocycles. The number of amides is 2. The summed E-state index contributed by atoms with van der Waals surface area (Å²) in [5.74, 6) is 2.47. The Balaban J connectivity index is 1.62. The lowest BCUT2D eigenvalue weighted by Crippen LogP contribution is -2.64. The molecule has 2 heterocycles. The van der Waals surface area contributed by atoms with Crippen molar-refractivity contribution in [2.75, 3.05) is 33.4 Å². The second-order valence-corrected chi connectivity index (χ2v) is 20.4. The first-order valence-electron chi connectivity index (χ1n) is 15.4. The molecule has 0 N–H and O–H groups in total. The van der Waals surface area contributed by atoms with Gasteiger partial charge in [0.25, 0.3) is 0 Å². The lowest BCUT2D eigenvalue weighted by molar-refractivity contribution is -0.151. The van der Waals surface area contributed by atoms with Crippen LogP contribution in [0.3, 0.4) is 0 Å². The summed E-state index contributed by atoms with van der Waals surface area (Å²) in [6, 6.07) is 0.128. The van der Waals surface area contributed by atoms with Crippen LogP contribution in [0.2, 0.25) is 18.1 Å². The Hall–Kier alpha value is -1.12. The summed E-state index contributed by atoms with van der Waals surface area (Å²) < 4.78 is 18.4. The smallest absolute Gasteiger partial charge is 0.410 e. The van der Waals surface area contributed by atoms with Crippen molar-refractivity contribution in [3.63, 3.8) is 0 Å². The van der Waals surface area contributed by atoms with E-state index in [-0.39, 0.29) is 28.5 Å². The van der Waals surface area contributed by atoms with Gasteiger partial charge in [-0.15, -0.1) is 0 Å². The van der Waals surface area contributed by atoms with Gasteiger partial charge in [-0.3, -0.25) is 4.79 Å². The van der Waals surface area contributed by atoms with Crippen LogP contribution in [-0.4, -0.2) is 81.2 Å². The third-order valence-corrected chi connectivity index (χ3v) is 15.6. The molecule has 1 spiro atoms. The fourth-order valence-electron chi connectivity index (χ4n) is 8.13. The highest BCUT2D eigenvalue weighted by Gasteiger charge is 2.61. The van der Waals surface area contributed by atoms with Crippen LogP contribution in [0.1, 0.15) is 87.0 Å². The minimum absolute atomic E-state index is 0.0433. The predicted octanol–water partition coefficient (Wildman–Crippen LogP) is 6.32. The highest BCUT2D eigenvalue weighted by atomic mass is 28.4. The van der Waals surface area contributed by atoms with Crippen molar-refractivity contribution in [2.24, 2.45) is 29.1 Å². The largest absolute Gasteiger partial charge is 0.444 e. The quantitative estimate of drug-likeness (QED) is 0.374. The number of fused-ring (bicyclic) bond motifs is 4. The summed E-state index contributed by atoms with van der Waals surface area (Å²) in [6.07, 6.45) is 6.63. The molecule has 0 radical (unpaired) electrons. The average molecular weight is 565 g/mol. The molecule has 4 aliphatic rings.